The summed E-state index contributed by atoms with van der Waals surface area (Å²) in [5.41, 5.74) is 1.45. The molecule has 1 fully saturated rings. The number of likely N-dealkylation sites (N-methyl/N-ethyl adjacent to an activating group) is 1. The van der Waals surface area contributed by atoms with Gasteiger partial charge in [-0.3, -0.25) is 4.90 Å². The number of quaternary nitrogens is 1. The molecule has 2 N–H and O–H groups in total. The zero-order chi connectivity index (χ0) is 11.4. The van der Waals surface area contributed by atoms with Crippen molar-refractivity contribution in [3.05, 3.63) is 35.9 Å². The molecule has 0 aliphatic carbocycles. The summed E-state index contributed by atoms with van der Waals surface area (Å²) >= 11 is 0. The van der Waals surface area contributed by atoms with Crippen molar-refractivity contribution in [2.75, 3.05) is 20.1 Å². The highest BCUT2D eigenvalue weighted by Crippen LogP contribution is 2.20. The van der Waals surface area contributed by atoms with Crippen LogP contribution in [0.3, 0.4) is 0 Å². The average Bonchev–Trinajstić information content (AvgIpc) is 2.85. The van der Waals surface area contributed by atoms with Crippen LogP contribution in [0.2, 0.25) is 0 Å². The highest BCUT2D eigenvalue weighted by atomic mass is 15.2. The average molecular weight is 219 g/mol. The van der Waals surface area contributed by atoms with E-state index in [4.69, 9.17) is 0 Å². The molecule has 2 rings (SSSR count). The lowest BCUT2D eigenvalue weighted by Gasteiger charge is -2.29. The van der Waals surface area contributed by atoms with E-state index < -0.39 is 0 Å². The third-order valence-corrected chi connectivity index (χ3v) is 3.78. The van der Waals surface area contributed by atoms with Crippen LogP contribution in [0, 0.1) is 0 Å². The Morgan fingerprint density at radius 2 is 1.75 bits per heavy atom. The van der Waals surface area contributed by atoms with Gasteiger partial charge in [0.25, 0.3) is 0 Å². The minimum absolute atomic E-state index is 0.569. The molecule has 1 aromatic rings. The van der Waals surface area contributed by atoms with Gasteiger partial charge in [0, 0.05) is 5.56 Å². The van der Waals surface area contributed by atoms with Crippen LogP contribution in [0.15, 0.2) is 30.3 Å². The number of benzene rings is 1. The zero-order valence-corrected chi connectivity index (χ0v) is 10.4. The molecule has 1 aromatic carbocycles. The summed E-state index contributed by atoms with van der Waals surface area (Å²) in [5, 5.41) is 2.35. The summed E-state index contributed by atoms with van der Waals surface area (Å²) in [4.78, 5) is 2.62. The molecule has 0 spiro atoms. The first-order valence-electron chi connectivity index (χ1n) is 6.41. The minimum atomic E-state index is 0.569. The molecule has 1 saturated heterocycles. The molecule has 2 atom stereocenters. The van der Waals surface area contributed by atoms with Gasteiger partial charge < -0.3 is 5.32 Å². The Hall–Kier alpha value is -0.860. The quantitative estimate of drug-likeness (QED) is 0.811. The van der Waals surface area contributed by atoms with Crippen molar-refractivity contribution in [3.8, 4) is 0 Å². The number of likely N-dealkylation sites (tertiary alicyclic amines) is 1. The van der Waals surface area contributed by atoms with Crippen LogP contribution in [0.25, 0.3) is 0 Å². The molecule has 0 unspecified atom stereocenters. The summed E-state index contributed by atoms with van der Waals surface area (Å²) in [5.74, 6) is 0. The second kappa shape index (κ2) is 5.46. The highest BCUT2D eigenvalue weighted by Gasteiger charge is 2.28. The third-order valence-electron chi connectivity index (χ3n) is 3.78. The van der Waals surface area contributed by atoms with E-state index in [0.717, 1.165) is 0 Å². The van der Waals surface area contributed by atoms with Crippen LogP contribution in [0.5, 0.6) is 0 Å². The SMILES string of the molecule is C[NH2+][C@H](c1ccccc1)[C@H](C)N1CCCC1. The molecule has 0 radical (unpaired) electrons. The van der Waals surface area contributed by atoms with Crippen LogP contribution >= 0.6 is 0 Å². The molecule has 2 nitrogen and oxygen atoms in total. The largest absolute Gasteiger partial charge is 0.341 e. The fourth-order valence-electron chi connectivity index (χ4n) is 2.80. The van der Waals surface area contributed by atoms with Gasteiger partial charge in [-0.2, -0.15) is 0 Å². The first-order valence-corrected chi connectivity index (χ1v) is 6.41. The number of hydrogen-bond acceptors (Lipinski definition) is 1. The maximum absolute atomic E-state index is 2.62. The van der Waals surface area contributed by atoms with Gasteiger partial charge >= 0.3 is 0 Å². The van der Waals surface area contributed by atoms with Gasteiger partial charge in [-0.05, 0) is 32.9 Å². The molecule has 0 amide bonds. The minimum Gasteiger partial charge on any atom is -0.341 e. The van der Waals surface area contributed by atoms with E-state index in [1.165, 1.54) is 31.5 Å². The number of nitrogens with zero attached hydrogens (tertiary/aromatic N) is 1. The lowest BCUT2D eigenvalue weighted by atomic mass is 10.00. The van der Waals surface area contributed by atoms with Crippen molar-refractivity contribution in [1.29, 1.82) is 0 Å². The van der Waals surface area contributed by atoms with E-state index in [0.29, 0.717) is 12.1 Å². The Bertz CT molecular complexity index is 304. The van der Waals surface area contributed by atoms with E-state index >= 15 is 0 Å². The number of nitrogens with two attached hydrogens (primary N) is 1. The van der Waals surface area contributed by atoms with Crippen molar-refractivity contribution < 1.29 is 5.32 Å². The lowest BCUT2D eigenvalue weighted by molar-refractivity contribution is -0.675. The summed E-state index contributed by atoms with van der Waals surface area (Å²) in [6.07, 6.45) is 2.74. The van der Waals surface area contributed by atoms with Crippen LogP contribution in [-0.4, -0.2) is 31.1 Å². The number of rotatable bonds is 4. The first-order chi connectivity index (χ1) is 7.83. The monoisotopic (exact) mass is 219 g/mol. The topological polar surface area (TPSA) is 19.9 Å². The fourth-order valence-corrected chi connectivity index (χ4v) is 2.80. The molecule has 1 aliphatic rings. The van der Waals surface area contributed by atoms with Gasteiger partial charge in [0.2, 0.25) is 0 Å². The Labute approximate surface area is 98.7 Å². The van der Waals surface area contributed by atoms with Crippen molar-refractivity contribution in [2.24, 2.45) is 0 Å². The van der Waals surface area contributed by atoms with Crippen LogP contribution in [-0.2, 0) is 0 Å². The van der Waals surface area contributed by atoms with Gasteiger partial charge in [-0.1, -0.05) is 30.3 Å². The van der Waals surface area contributed by atoms with Crippen LogP contribution in [0.1, 0.15) is 31.4 Å². The third kappa shape index (κ3) is 2.45. The Kier molecular flexibility index (Phi) is 3.97. The van der Waals surface area contributed by atoms with Crippen molar-refractivity contribution in [1.82, 2.24) is 4.90 Å². The summed E-state index contributed by atoms with van der Waals surface area (Å²) in [6.45, 7) is 4.92. The van der Waals surface area contributed by atoms with Crippen molar-refractivity contribution >= 4 is 0 Å². The van der Waals surface area contributed by atoms with E-state index in [1.54, 1.807) is 0 Å². The Morgan fingerprint density at radius 3 is 2.31 bits per heavy atom. The fraction of sp³-hybridized carbons (Fsp3) is 0.571. The van der Waals surface area contributed by atoms with Gasteiger partial charge in [0.1, 0.15) is 6.04 Å². The first kappa shape index (κ1) is 11.6. The maximum atomic E-state index is 2.62. The molecule has 1 heterocycles. The summed E-state index contributed by atoms with van der Waals surface area (Å²) in [6, 6.07) is 12.1. The molecule has 1 aliphatic heterocycles. The van der Waals surface area contributed by atoms with Gasteiger partial charge in [-0.15, -0.1) is 0 Å². The van der Waals surface area contributed by atoms with Crippen molar-refractivity contribution in [2.45, 2.75) is 31.8 Å². The second-order valence-electron chi connectivity index (χ2n) is 4.75. The molecule has 16 heavy (non-hydrogen) atoms. The van der Waals surface area contributed by atoms with Gasteiger partial charge in [0.15, 0.2) is 0 Å². The van der Waals surface area contributed by atoms with Gasteiger partial charge in [-0.25, -0.2) is 0 Å². The molecule has 0 aromatic heterocycles. The molecule has 0 bridgehead atoms. The second-order valence-corrected chi connectivity index (χ2v) is 4.75. The van der Waals surface area contributed by atoms with E-state index in [2.05, 4.69) is 54.5 Å². The standard InChI is InChI=1S/C14H22N2/c1-12(16-10-6-7-11-16)14(15-2)13-8-4-3-5-9-13/h3-5,8-9,12,14-15H,6-7,10-11H2,1-2H3/p+1/t12-,14-/m0/s1. The molecule has 88 valence electrons. The molecular weight excluding hydrogens is 196 g/mol. The van der Waals surface area contributed by atoms with Crippen LogP contribution in [0.4, 0.5) is 0 Å². The predicted octanol–water partition coefficient (Wildman–Crippen LogP) is 1.41. The highest BCUT2D eigenvalue weighted by molar-refractivity contribution is 5.18. The van der Waals surface area contributed by atoms with E-state index in [-0.39, 0.29) is 0 Å². The van der Waals surface area contributed by atoms with E-state index in [9.17, 15) is 0 Å². The van der Waals surface area contributed by atoms with Crippen molar-refractivity contribution in [3.63, 3.8) is 0 Å². The summed E-state index contributed by atoms with van der Waals surface area (Å²) in [7, 11) is 2.18. The summed E-state index contributed by atoms with van der Waals surface area (Å²) < 4.78 is 0. The van der Waals surface area contributed by atoms with E-state index in [1.807, 2.05) is 0 Å². The molecular formula is C14H23N2+. The Morgan fingerprint density at radius 1 is 1.12 bits per heavy atom. The smallest absolute Gasteiger partial charge is 0.127 e. The lowest BCUT2D eigenvalue weighted by Crippen LogP contribution is -2.84. The number of hydrogen-bond donors (Lipinski definition) is 1. The zero-order valence-electron chi connectivity index (χ0n) is 10.4. The van der Waals surface area contributed by atoms with Crippen LogP contribution < -0.4 is 5.32 Å². The predicted molar refractivity (Wildman–Crippen MR) is 67.3 cm³/mol. The maximum Gasteiger partial charge on any atom is 0.127 e. The molecule has 0 saturated carbocycles. The molecule has 2 heteroatoms. The van der Waals surface area contributed by atoms with Gasteiger partial charge in [0.05, 0.1) is 13.1 Å². The normalized spacial score (nSPS) is 20.9. The Balaban J connectivity index is 2.09.